The lowest BCUT2D eigenvalue weighted by atomic mass is 10.1. The van der Waals surface area contributed by atoms with E-state index in [2.05, 4.69) is 9.97 Å². The summed E-state index contributed by atoms with van der Waals surface area (Å²) in [7, 11) is -4.60. The molecule has 0 bridgehead atoms. The van der Waals surface area contributed by atoms with E-state index in [1.165, 1.54) is 10.6 Å². The lowest BCUT2D eigenvalue weighted by molar-refractivity contribution is -0.180. The van der Waals surface area contributed by atoms with Crippen molar-refractivity contribution >= 4 is 26.8 Å². The summed E-state index contributed by atoms with van der Waals surface area (Å²) in [6.45, 7) is 1.37. The molecule has 1 aliphatic carbocycles. The molecular formula is C22H16F5N5O2S. The van der Waals surface area contributed by atoms with Crippen LogP contribution in [0.15, 0.2) is 53.7 Å². The minimum Gasteiger partial charge on any atom is -0.291 e. The maximum atomic E-state index is 13.2. The summed E-state index contributed by atoms with van der Waals surface area (Å²) in [5.74, 6) is 0. The second kappa shape index (κ2) is 8.24. The molecule has 0 radical (unpaired) electrons. The maximum Gasteiger partial charge on any atom is 0.407 e. The Kier molecular flexibility index (Phi) is 5.77. The molecule has 182 valence electrons. The first-order valence-electron chi connectivity index (χ1n) is 9.95. The molecule has 1 N–H and O–H groups in total. The molecule has 4 rings (SSSR count). The number of sulfonamides is 1. The van der Waals surface area contributed by atoms with Gasteiger partial charge in [0.25, 0.3) is 6.43 Å². The van der Waals surface area contributed by atoms with Crippen molar-refractivity contribution in [3.8, 4) is 17.5 Å². The highest BCUT2D eigenvalue weighted by molar-refractivity contribution is 7.89. The van der Waals surface area contributed by atoms with Crippen LogP contribution in [0.5, 0.6) is 0 Å². The average Bonchev–Trinajstić information content (AvgIpc) is 3.04. The number of nitrogens with one attached hydrogen (secondary N) is 1. The first kappa shape index (κ1) is 24.5. The molecule has 7 nitrogen and oxygen atoms in total. The first-order valence-corrected chi connectivity index (χ1v) is 11.4. The van der Waals surface area contributed by atoms with Crippen molar-refractivity contribution in [3.63, 3.8) is 0 Å². The fourth-order valence-electron chi connectivity index (χ4n) is 3.37. The van der Waals surface area contributed by atoms with Crippen LogP contribution in [0.3, 0.4) is 0 Å². The van der Waals surface area contributed by atoms with E-state index in [4.69, 9.17) is 0 Å². The van der Waals surface area contributed by atoms with Gasteiger partial charge in [-0.25, -0.2) is 22.2 Å². The number of rotatable bonds is 6. The molecule has 13 heteroatoms. The lowest BCUT2D eigenvalue weighted by Crippen LogP contribution is -2.54. The van der Waals surface area contributed by atoms with E-state index in [0.29, 0.717) is 19.5 Å². The zero-order valence-electron chi connectivity index (χ0n) is 18.1. The van der Waals surface area contributed by atoms with Crippen molar-refractivity contribution in [3.05, 3.63) is 59.9 Å². The lowest BCUT2D eigenvalue weighted by Gasteiger charge is -2.28. The Bertz CT molecular complexity index is 1530. The highest BCUT2D eigenvalue weighted by atomic mass is 32.2. The topological polar surface area (TPSA) is 101 Å². The molecular weight excluding hydrogens is 493 g/mol. The van der Waals surface area contributed by atoms with Crippen molar-refractivity contribution in [1.82, 2.24) is 19.3 Å². The van der Waals surface area contributed by atoms with Crippen molar-refractivity contribution in [2.24, 2.45) is 0 Å². The Morgan fingerprint density at radius 3 is 2.31 bits per heavy atom. The van der Waals surface area contributed by atoms with Crippen LogP contribution >= 0.6 is 0 Å². The predicted molar refractivity (Wildman–Crippen MR) is 117 cm³/mol. The largest absolute Gasteiger partial charge is 0.407 e. The van der Waals surface area contributed by atoms with Gasteiger partial charge in [0, 0.05) is 29.0 Å². The van der Waals surface area contributed by atoms with Gasteiger partial charge < -0.3 is 0 Å². The number of allylic oxidation sites excluding steroid dienone is 4. The number of nitriles is 1. The SMILES string of the molecule is CC(C)(NS(=O)(=O)c1ccc(-c2c(C#N)c3cc(C(F)F)cnc3n2C2=CC=C2)nc1)C(F)(F)F. The molecule has 0 atom stereocenters. The molecule has 0 unspecified atom stereocenters. The van der Waals surface area contributed by atoms with Crippen LogP contribution in [0.2, 0.25) is 0 Å². The normalized spacial score (nSPS) is 14.2. The van der Waals surface area contributed by atoms with E-state index < -0.39 is 33.1 Å². The second-order valence-corrected chi connectivity index (χ2v) is 9.85. The smallest absolute Gasteiger partial charge is 0.291 e. The van der Waals surface area contributed by atoms with Crippen molar-refractivity contribution < 1.29 is 30.4 Å². The Hall–Kier alpha value is -3.63. The summed E-state index contributed by atoms with van der Waals surface area (Å²) in [5, 5.41) is 9.97. The minimum atomic E-state index is -4.84. The van der Waals surface area contributed by atoms with Gasteiger partial charge in [-0.1, -0.05) is 6.08 Å². The van der Waals surface area contributed by atoms with Gasteiger partial charge in [0.15, 0.2) is 0 Å². The molecule has 3 aromatic rings. The van der Waals surface area contributed by atoms with Gasteiger partial charge >= 0.3 is 6.18 Å². The standard InChI is InChI=1S/C22H16F5N5O2S/c1-21(2,22(25,26)27)31-35(33,34)14-6-7-17(29-11-14)18-16(9-28)15-8-12(19(23)24)10-30-20(15)32(18)13-4-3-5-13/h3-8,10-11,19,31H,1-2H3. The van der Waals surface area contributed by atoms with E-state index in [1.54, 1.807) is 23.0 Å². The van der Waals surface area contributed by atoms with Crippen LogP contribution in [0.25, 0.3) is 28.1 Å². The van der Waals surface area contributed by atoms with Gasteiger partial charge in [-0.15, -0.1) is 0 Å². The monoisotopic (exact) mass is 509 g/mol. The Labute approximate surface area is 196 Å². The van der Waals surface area contributed by atoms with Gasteiger partial charge in [-0.05, 0) is 44.2 Å². The molecule has 0 spiro atoms. The number of alkyl halides is 5. The maximum absolute atomic E-state index is 13.2. The number of aromatic nitrogens is 3. The molecule has 3 heterocycles. The summed E-state index contributed by atoms with van der Waals surface area (Å²) in [4.78, 5) is 7.64. The average molecular weight is 509 g/mol. The predicted octanol–water partition coefficient (Wildman–Crippen LogP) is 4.94. The summed E-state index contributed by atoms with van der Waals surface area (Å²) in [6, 6.07) is 5.38. The Balaban J connectivity index is 1.84. The summed E-state index contributed by atoms with van der Waals surface area (Å²) < 4.78 is 94.1. The van der Waals surface area contributed by atoms with Gasteiger partial charge in [-0.3, -0.25) is 9.55 Å². The van der Waals surface area contributed by atoms with E-state index >= 15 is 0 Å². The van der Waals surface area contributed by atoms with Crippen LogP contribution < -0.4 is 4.72 Å². The Morgan fingerprint density at radius 1 is 1.14 bits per heavy atom. The van der Waals surface area contributed by atoms with Crippen LogP contribution in [-0.4, -0.2) is 34.7 Å². The molecule has 35 heavy (non-hydrogen) atoms. The molecule has 0 amide bonds. The highest BCUT2D eigenvalue weighted by Gasteiger charge is 2.49. The van der Waals surface area contributed by atoms with Crippen LogP contribution in [0.4, 0.5) is 22.0 Å². The first-order chi connectivity index (χ1) is 16.3. The van der Waals surface area contributed by atoms with E-state index in [1.807, 2.05) is 6.07 Å². The summed E-state index contributed by atoms with van der Waals surface area (Å²) >= 11 is 0. The number of hydrogen-bond acceptors (Lipinski definition) is 5. The third-order valence-corrected chi connectivity index (χ3v) is 7.01. The second-order valence-electron chi connectivity index (χ2n) is 8.17. The van der Waals surface area contributed by atoms with E-state index in [-0.39, 0.29) is 33.5 Å². The van der Waals surface area contributed by atoms with Crippen molar-refractivity contribution in [1.29, 1.82) is 5.26 Å². The zero-order chi connectivity index (χ0) is 25.8. The minimum absolute atomic E-state index is 0.0179. The van der Waals surface area contributed by atoms with Gasteiger partial charge in [0.2, 0.25) is 10.0 Å². The van der Waals surface area contributed by atoms with Gasteiger partial charge in [0.1, 0.15) is 22.2 Å². The molecule has 0 fully saturated rings. The van der Waals surface area contributed by atoms with Crippen molar-refractivity contribution in [2.75, 3.05) is 0 Å². The van der Waals surface area contributed by atoms with Crippen LogP contribution in [0.1, 0.15) is 31.4 Å². The quantitative estimate of drug-likeness (QED) is 0.475. The summed E-state index contributed by atoms with van der Waals surface area (Å²) in [6.07, 6.45) is -0.718. The molecule has 0 saturated heterocycles. The van der Waals surface area contributed by atoms with Crippen LogP contribution in [0, 0.1) is 11.3 Å². The van der Waals surface area contributed by atoms with Crippen LogP contribution in [-0.2, 0) is 10.0 Å². The fraction of sp³-hybridized carbons (Fsp3) is 0.227. The molecule has 3 aromatic heterocycles. The molecule has 0 aliphatic heterocycles. The molecule has 0 aromatic carbocycles. The number of fused-ring (bicyclic) bond motifs is 1. The number of hydrogen-bond donors (Lipinski definition) is 1. The number of nitrogens with zero attached hydrogens (tertiary/aromatic N) is 4. The molecule has 1 aliphatic rings. The fourth-order valence-corrected chi connectivity index (χ4v) is 4.72. The van der Waals surface area contributed by atoms with Gasteiger partial charge in [-0.2, -0.15) is 23.2 Å². The summed E-state index contributed by atoms with van der Waals surface area (Å²) in [5.41, 5.74) is -2.08. The molecule has 0 saturated carbocycles. The third-order valence-electron chi connectivity index (χ3n) is 5.37. The van der Waals surface area contributed by atoms with Crippen molar-refractivity contribution in [2.45, 2.75) is 36.9 Å². The zero-order valence-corrected chi connectivity index (χ0v) is 18.9. The number of pyridine rings is 2. The third kappa shape index (κ3) is 4.19. The highest BCUT2D eigenvalue weighted by Crippen LogP contribution is 2.37. The van der Waals surface area contributed by atoms with Gasteiger partial charge in [0.05, 0.1) is 17.0 Å². The van der Waals surface area contributed by atoms with E-state index in [0.717, 1.165) is 24.5 Å². The van der Waals surface area contributed by atoms with E-state index in [9.17, 15) is 35.6 Å². The Morgan fingerprint density at radius 2 is 1.83 bits per heavy atom. The number of halogens is 5.